The maximum atomic E-state index is 12.7. The standard InChI is InChI=1S/C18H15NO4S/c1-14-7-11-17(12-8-14)24(21,22)19-16(13-23-18(19)20)10-9-15-5-3-2-4-6-15/h2-9,11-12H,13H2,1H3. The molecule has 0 aliphatic carbocycles. The number of benzene rings is 2. The molecule has 24 heavy (non-hydrogen) atoms. The zero-order valence-electron chi connectivity index (χ0n) is 13.0. The van der Waals surface area contributed by atoms with Crippen LogP contribution in [0.3, 0.4) is 0 Å². The smallest absolute Gasteiger partial charge is 0.429 e. The van der Waals surface area contributed by atoms with Crippen molar-refractivity contribution in [1.82, 2.24) is 4.31 Å². The van der Waals surface area contributed by atoms with Gasteiger partial charge in [-0.25, -0.2) is 13.2 Å². The second kappa shape index (κ2) is 6.35. The van der Waals surface area contributed by atoms with Gasteiger partial charge in [0.25, 0.3) is 10.0 Å². The number of aryl methyl sites for hydroxylation is 1. The van der Waals surface area contributed by atoms with Crippen LogP contribution in [0.15, 0.2) is 70.9 Å². The van der Waals surface area contributed by atoms with Gasteiger partial charge in [0.2, 0.25) is 0 Å². The molecule has 122 valence electrons. The molecule has 0 atom stereocenters. The van der Waals surface area contributed by atoms with E-state index in [1.54, 1.807) is 18.2 Å². The van der Waals surface area contributed by atoms with Crippen molar-refractivity contribution in [3.8, 4) is 0 Å². The number of cyclic esters (lactones) is 1. The molecule has 1 aliphatic rings. The predicted molar refractivity (Wildman–Crippen MR) is 89.5 cm³/mol. The first kappa shape index (κ1) is 16.1. The lowest BCUT2D eigenvalue weighted by Gasteiger charge is -2.14. The molecule has 0 saturated carbocycles. The topological polar surface area (TPSA) is 63.7 Å². The van der Waals surface area contributed by atoms with Crippen molar-refractivity contribution in [2.24, 2.45) is 0 Å². The van der Waals surface area contributed by atoms with Gasteiger partial charge in [0.1, 0.15) is 12.3 Å². The van der Waals surface area contributed by atoms with E-state index in [2.05, 4.69) is 5.73 Å². The molecule has 2 aromatic rings. The molecule has 6 heteroatoms. The van der Waals surface area contributed by atoms with Crippen LogP contribution in [-0.2, 0) is 14.8 Å². The molecule has 1 amide bonds. The van der Waals surface area contributed by atoms with E-state index in [4.69, 9.17) is 4.74 Å². The zero-order valence-corrected chi connectivity index (χ0v) is 13.8. The van der Waals surface area contributed by atoms with Gasteiger partial charge in [-0.05, 0) is 30.7 Å². The molecule has 5 nitrogen and oxygen atoms in total. The Kier molecular flexibility index (Phi) is 4.25. The predicted octanol–water partition coefficient (Wildman–Crippen LogP) is 3.33. The Morgan fingerprint density at radius 3 is 2.42 bits per heavy atom. The van der Waals surface area contributed by atoms with E-state index >= 15 is 0 Å². The van der Waals surface area contributed by atoms with Crippen molar-refractivity contribution < 1.29 is 17.9 Å². The van der Waals surface area contributed by atoms with Crippen LogP contribution in [0, 0.1) is 6.92 Å². The van der Waals surface area contributed by atoms with Gasteiger partial charge in [0.15, 0.2) is 0 Å². The number of carbonyl (C=O) groups excluding carboxylic acids is 1. The van der Waals surface area contributed by atoms with Crippen LogP contribution in [0.4, 0.5) is 4.79 Å². The number of carbonyl (C=O) groups is 1. The maximum Gasteiger partial charge on any atom is 0.429 e. The summed E-state index contributed by atoms with van der Waals surface area (Å²) in [4.78, 5) is 12.0. The van der Waals surface area contributed by atoms with Crippen molar-refractivity contribution in [2.75, 3.05) is 6.61 Å². The van der Waals surface area contributed by atoms with E-state index in [0.717, 1.165) is 11.1 Å². The van der Waals surface area contributed by atoms with Gasteiger partial charge in [-0.2, -0.15) is 4.31 Å². The maximum absolute atomic E-state index is 12.7. The summed E-state index contributed by atoms with van der Waals surface area (Å²) >= 11 is 0. The van der Waals surface area contributed by atoms with Crippen molar-refractivity contribution in [3.05, 3.63) is 77.2 Å². The van der Waals surface area contributed by atoms with E-state index in [9.17, 15) is 13.2 Å². The molecular formula is C18H15NO4S. The third-order valence-electron chi connectivity index (χ3n) is 3.51. The van der Waals surface area contributed by atoms with E-state index in [-0.39, 0.29) is 17.2 Å². The van der Waals surface area contributed by atoms with Gasteiger partial charge in [0.05, 0.1) is 4.90 Å². The quantitative estimate of drug-likeness (QED) is 0.803. The van der Waals surface area contributed by atoms with Crippen LogP contribution in [-0.4, -0.2) is 25.4 Å². The van der Waals surface area contributed by atoms with Crippen LogP contribution in [0.25, 0.3) is 6.08 Å². The monoisotopic (exact) mass is 341 g/mol. The summed E-state index contributed by atoms with van der Waals surface area (Å²) in [6.45, 7) is 1.72. The second-order valence-corrected chi connectivity index (χ2v) is 7.07. The molecule has 3 rings (SSSR count). The number of sulfonamides is 1. The number of hydrogen-bond acceptors (Lipinski definition) is 4. The lowest BCUT2D eigenvalue weighted by molar-refractivity contribution is 0.170. The third kappa shape index (κ3) is 3.11. The lowest BCUT2D eigenvalue weighted by atomic mass is 10.2. The normalized spacial score (nSPS) is 14.3. The SMILES string of the molecule is Cc1ccc(S(=O)(=O)N2C(=O)OCC2=C=Cc2ccccc2)cc1. The summed E-state index contributed by atoms with van der Waals surface area (Å²) in [7, 11) is -4.02. The molecule has 1 fully saturated rings. The molecule has 0 radical (unpaired) electrons. The Balaban J connectivity index is 2.02. The third-order valence-corrected chi connectivity index (χ3v) is 5.23. The summed E-state index contributed by atoms with van der Waals surface area (Å²) in [6, 6.07) is 15.6. The zero-order chi connectivity index (χ0) is 17.2. The van der Waals surface area contributed by atoms with Crippen molar-refractivity contribution in [2.45, 2.75) is 11.8 Å². The summed E-state index contributed by atoms with van der Waals surface area (Å²) in [5.74, 6) is 0. The first-order valence-electron chi connectivity index (χ1n) is 7.28. The molecule has 0 N–H and O–H groups in total. The van der Waals surface area contributed by atoms with Crippen LogP contribution in [0.2, 0.25) is 0 Å². The highest BCUT2D eigenvalue weighted by Crippen LogP contribution is 2.26. The van der Waals surface area contributed by atoms with Crippen LogP contribution in [0.5, 0.6) is 0 Å². The average molecular weight is 341 g/mol. The molecule has 0 bridgehead atoms. The fraction of sp³-hybridized carbons (Fsp3) is 0.111. The van der Waals surface area contributed by atoms with Gasteiger partial charge in [-0.1, -0.05) is 53.8 Å². The Morgan fingerprint density at radius 2 is 1.75 bits per heavy atom. The molecule has 1 saturated heterocycles. The average Bonchev–Trinajstić information content (AvgIpc) is 2.96. The summed E-state index contributed by atoms with van der Waals surface area (Å²) < 4.78 is 31.0. The highest BCUT2D eigenvalue weighted by molar-refractivity contribution is 7.89. The van der Waals surface area contributed by atoms with Crippen molar-refractivity contribution in [3.63, 3.8) is 0 Å². The molecule has 2 aromatic carbocycles. The van der Waals surface area contributed by atoms with Crippen LogP contribution in [0.1, 0.15) is 11.1 Å². The Labute approximate surface area is 140 Å². The minimum absolute atomic E-state index is 0.0333. The first-order chi connectivity index (χ1) is 11.5. The van der Waals surface area contributed by atoms with E-state index in [0.29, 0.717) is 4.31 Å². The Morgan fingerprint density at radius 1 is 1.08 bits per heavy atom. The number of hydrogen-bond donors (Lipinski definition) is 0. The Hall–Kier alpha value is -2.82. The van der Waals surface area contributed by atoms with Gasteiger partial charge in [0, 0.05) is 0 Å². The fourth-order valence-corrected chi connectivity index (χ4v) is 3.57. The number of nitrogens with zero attached hydrogens (tertiary/aromatic N) is 1. The fourth-order valence-electron chi connectivity index (χ4n) is 2.23. The molecule has 0 aromatic heterocycles. The van der Waals surface area contributed by atoms with Crippen LogP contribution < -0.4 is 0 Å². The number of rotatable bonds is 3. The number of ether oxygens (including phenoxy) is 1. The largest absolute Gasteiger partial charge is 0.441 e. The minimum atomic E-state index is -4.02. The lowest BCUT2D eigenvalue weighted by Crippen LogP contribution is -2.30. The van der Waals surface area contributed by atoms with Crippen molar-refractivity contribution in [1.29, 1.82) is 0 Å². The first-order valence-corrected chi connectivity index (χ1v) is 8.72. The second-order valence-electron chi connectivity index (χ2n) is 5.28. The van der Waals surface area contributed by atoms with E-state index in [1.807, 2.05) is 37.3 Å². The molecule has 0 spiro atoms. The van der Waals surface area contributed by atoms with E-state index in [1.165, 1.54) is 12.1 Å². The van der Waals surface area contributed by atoms with Gasteiger partial charge >= 0.3 is 6.09 Å². The minimum Gasteiger partial charge on any atom is -0.441 e. The van der Waals surface area contributed by atoms with Crippen molar-refractivity contribution >= 4 is 22.2 Å². The highest BCUT2D eigenvalue weighted by atomic mass is 32.2. The summed E-state index contributed by atoms with van der Waals surface area (Å²) in [6.07, 6.45) is 0.703. The summed E-state index contributed by atoms with van der Waals surface area (Å²) in [5.41, 5.74) is 4.79. The number of amides is 1. The van der Waals surface area contributed by atoms with E-state index < -0.39 is 16.1 Å². The van der Waals surface area contributed by atoms with Gasteiger partial charge in [-0.15, -0.1) is 0 Å². The highest BCUT2D eigenvalue weighted by Gasteiger charge is 2.39. The summed E-state index contributed by atoms with van der Waals surface area (Å²) in [5, 5.41) is 0. The van der Waals surface area contributed by atoms with Gasteiger partial charge < -0.3 is 4.74 Å². The Bertz CT molecular complexity index is 925. The molecule has 1 aliphatic heterocycles. The molecule has 0 unspecified atom stereocenters. The molecular weight excluding hydrogens is 326 g/mol. The van der Waals surface area contributed by atoms with Crippen LogP contribution >= 0.6 is 0 Å². The van der Waals surface area contributed by atoms with Gasteiger partial charge in [-0.3, -0.25) is 0 Å². The molecule has 1 heterocycles.